The van der Waals surface area contributed by atoms with Crippen LogP contribution in [0.5, 0.6) is 0 Å². The normalized spacial score (nSPS) is 13.1. The topological polar surface area (TPSA) is 118 Å². The summed E-state index contributed by atoms with van der Waals surface area (Å²) in [5.41, 5.74) is 4.64. The molecule has 0 aliphatic rings. The van der Waals surface area contributed by atoms with Crippen LogP contribution in [0.15, 0.2) is 23.1 Å². The minimum Gasteiger partial charge on any atom is -0.324 e. The Bertz CT molecular complexity index is 756. The van der Waals surface area contributed by atoms with E-state index in [1.807, 2.05) is 0 Å². The predicted molar refractivity (Wildman–Crippen MR) is 87.6 cm³/mol. The highest BCUT2D eigenvalue weighted by Crippen LogP contribution is 2.20. The van der Waals surface area contributed by atoms with E-state index in [0.29, 0.717) is 6.42 Å². The average molecular weight is 367 g/mol. The van der Waals surface area contributed by atoms with Crippen LogP contribution in [0.3, 0.4) is 0 Å². The van der Waals surface area contributed by atoms with E-state index in [2.05, 4.69) is 9.44 Å². The smallest absolute Gasteiger partial charge is 0.240 e. The molecule has 7 nitrogen and oxygen atoms in total. The standard InChI is InChI=1S/C13H22FN3O4S2/c1-4-7-22(18,19)17-12-6-5-10(8-11(12)14)23(20,21)16-9-13(2,3)15/h5-6,8,16-17H,4,7,9,15H2,1-3H3. The van der Waals surface area contributed by atoms with Crippen LogP contribution in [0.25, 0.3) is 0 Å². The first-order valence-corrected chi connectivity index (χ1v) is 10.1. The van der Waals surface area contributed by atoms with Gasteiger partial charge in [0.05, 0.1) is 16.3 Å². The molecule has 0 bridgehead atoms. The maximum atomic E-state index is 14.0. The van der Waals surface area contributed by atoms with Gasteiger partial charge >= 0.3 is 0 Å². The van der Waals surface area contributed by atoms with Crippen LogP contribution in [0.4, 0.5) is 10.1 Å². The van der Waals surface area contributed by atoms with Gasteiger partial charge in [0.25, 0.3) is 0 Å². The maximum Gasteiger partial charge on any atom is 0.240 e. The number of halogens is 1. The molecule has 0 spiro atoms. The highest BCUT2D eigenvalue weighted by Gasteiger charge is 2.21. The second-order valence-corrected chi connectivity index (χ2v) is 9.48. The van der Waals surface area contributed by atoms with Crippen molar-refractivity contribution in [2.24, 2.45) is 5.73 Å². The molecule has 0 saturated carbocycles. The van der Waals surface area contributed by atoms with Crippen molar-refractivity contribution in [1.82, 2.24) is 4.72 Å². The Morgan fingerprint density at radius 3 is 2.30 bits per heavy atom. The lowest BCUT2D eigenvalue weighted by Gasteiger charge is -2.19. The average Bonchev–Trinajstić information content (AvgIpc) is 2.38. The molecule has 0 saturated heterocycles. The summed E-state index contributed by atoms with van der Waals surface area (Å²) in [7, 11) is -7.59. The molecule has 1 rings (SSSR count). The number of anilines is 1. The van der Waals surface area contributed by atoms with Crippen LogP contribution < -0.4 is 15.2 Å². The number of benzene rings is 1. The van der Waals surface area contributed by atoms with E-state index in [1.54, 1.807) is 20.8 Å². The molecule has 0 fully saturated rings. The zero-order chi connectivity index (χ0) is 17.9. The van der Waals surface area contributed by atoms with Gasteiger partial charge < -0.3 is 5.73 Å². The van der Waals surface area contributed by atoms with Crippen LogP contribution in [0.2, 0.25) is 0 Å². The van der Waals surface area contributed by atoms with E-state index in [1.165, 1.54) is 0 Å². The summed E-state index contributed by atoms with van der Waals surface area (Å²) in [6.45, 7) is 4.93. The van der Waals surface area contributed by atoms with Crippen LogP contribution in [0, 0.1) is 5.82 Å². The molecule has 0 aliphatic carbocycles. The monoisotopic (exact) mass is 367 g/mol. The maximum absolute atomic E-state index is 14.0. The Morgan fingerprint density at radius 2 is 1.83 bits per heavy atom. The third-order valence-corrected chi connectivity index (χ3v) is 5.58. The Labute approximate surface area is 136 Å². The highest BCUT2D eigenvalue weighted by atomic mass is 32.2. The molecule has 1 aromatic carbocycles. The summed E-state index contributed by atoms with van der Waals surface area (Å²) in [6, 6.07) is 2.96. The summed E-state index contributed by atoms with van der Waals surface area (Å²) >= 11 is 0. The highest BCUT2D eigenvalue weighted by molar-refractivity contribution is 7.92. The lowest BCUT2D eigenvalue weighted by Crippen LogP contribution is -2.45. The summed E-state index contributed by atoms with van der Waals surface area (Å²) < 4.78 is 65.7. The van der Waals surface area contributed by atoms with Crippen molar-refractivity contribution in [3.05, 3.63) is 24.0 Å². The van der Waals surface area contributed by atoms with Gasteiger partial charge in [0.1, 0.15) is 5.82 Å². The van der Waals surface area contributed by atoms with Crippen LogP contribution in [-0.2, 0) is 20.0 Å². The van der Waals surface area contributed by atoms with E-state index in [4.69, 9.17) is 5.73 Å². The molecule has 0 heterocycles. The number of hydrogen-bond acceptors (Lipinski definition) is 5. The second kappa shape index (κ2) is 7.12. The number of sulfonamides is 2. The number of rotatable bonds is 8. The van der Waals surface area contributed by atoms with Crippen LogP contribution >= 0.6 is 0 Å². The zero-order valence-electron chi connectivity index (χ0n) is 13.3. The molecular formula is C13H22FN3O4S2. The predicted octanol–water partition coefficient (Wildman–Crippen LogP) is 0.993. The second-order valence-electron chi connectivity index (χ2n) is 5.88. The van der Waals surface area contributed by atoms with Gasteiger partial charge in [-0.25, -0.2) is 25.9 Å². The molecule has 0 atom stereocenters. The van der Waals surface area contributed by atoms with E-state index in [-0.39, 0.29) is 22.9 Å². The minimum absolute atomic E-state index is 0.0260. The minimum atomic E-state index is -3.93. The van der Waals surface area contributed by atoms with E-state index in [9.17, 15) is 21.2 Å². The van der Waals surface area contributed by atoms with Gasteiger partial charge in [0.2, 0.25) is 20.0 Å². The van der Waals surface area contributed by atoms with E-state index < -0.39 is 31.4 Å². The quantitative estimate of drug-likeness (QED) is 0.633. The lowest BCUT2D eigenvalue weighted by atomic mass is 10.1. The molecule has 0 aliphatic heterocycles. The largest absolute Gasteiger partial charge is 0.324 e. The Hall–Kier alpha value is -1.23. The Balaban J connectivity index is 3.00. The molecule has 4 N–H and O–H groups in total. The fraction of sp³-hybridized carbons (Fsp3) is 0.538. The lowest BCUT2D eigenvalue weighted by molar-refractivity contribution is 0.497. The summed E-state index contributed by atoms with van der Waals surface area (Å²) in [5.74, 6) is -1.13. The van der Waals surface area contributed by atoms with Gasteiger partial charge in [0, 0.05) is 12.1 Å². The van der Waals surface area contributed by atoms with Gasteiger partial charge in [-0.15, -0.1) is 0 Å². The van der Waals surface area contributed by atoms with E-state index >= 15 is 0 Å². The first-order chi connectivity index (χ1) is 10.4. The van der Waals surface area contributed by atoms with Crippen molar-refractivity contribution >= 4 is 25.7 Å². The molecule has 0 aromatic heterocycles. The van der Waals surface area contributed by atoms with Crippen LogP contribution in [-0.4, -0.2) is 34.7 Å². The van der Waals surface area contributed by atoms with Crippen molar-refractivity contribution in [3.8, 4) is 0 Å². The van der Waals surface area contributed by atoms with Gasteiger partial charge in [-0.1, -0.05) is 6.92 Å². The summed E-state index contributed by atoms with van der Waals surface area (Å²) in [6.07, 6.45) is 0.377. The summed E-state index contributed by atoms with van der Waals surface area (Å²) in [4.78, 5) is -0.308. The van der Waals surface area contributed by atoms with Gasteiger partial charge in [0.15, 0.2) is 0 Å². The number of nitrogens with one attached hydrogen (secondary N) is 2. The van der Waals surface area contributed by atoms with Crippen molar-refractivity contribution in [1.29, 1.82) is 0 Å². The fourth-order valence-corrected chi connectivity index (χ4v) is 3.97. The van der Waals surface area contributed by atoms with Gasteiger partial charge in [-0.05, 0) is 38.5 Å². The van der Waals surface area contributed by atoms with Crippen molar-refractivity contribution in [2.45, 2.75) is 37.6 Å². The molecule has 1 aromatic rings. The van der Waals surface area contributed by atoms with Crippen molar-refractivity contribution in [3.63, 3.8) is 0 Å². The Kier molecular flexibility index (Phi) is 6.13. The van der Waals surface area contributed by atoms with Gasteiger partial charge in [-0.2, -0.15) is 0 Å². The first kappa shape index (κ1) is 19.8. The molecule has 23 heavy (non-hydrogen) atoms. The van der Waals surface area contributed by atoms with Crippen molar-refractivity contribution in [2.75, 3.05) is 17.0 Å². The van der Waals surface area contributed by atoms with Gasteiger partial charge in [-0.3, -0.25) is 4.72 Å². The third kappa shape index (κ3) is 6.42. The Morgan fingerprint density at radius 1 is 1.22 bits per heavy atom. The third-order valence-electron chi connectivity index (χ3n) is 2.71. The van der Waals surface area contributed by atoms with E-state index in [0.717, 1.165) is 18.2 Å². The number of nitrogens with two attached hydrogens (primary N) is 1. The SMILES string of the molecule is CCCS(=O)(=O)Nc1ccc(S(=O)(=O)NCC(C)(C)N)cc1F. The number of hydrogen-bond donors (Lipinski definition) is 3. The molecular weight excluding hydrogens is 345 g/mol. The molecule has 0 unspecified atom stereocenters. The molecule has 10 heteroatoms. The molecule has 0 radical (unpaired) electrons. The van der Waals surface area contributed by atoms with Crippen LogP contribution in [0.1, 0.15) is 27.2 Å². The molecule has 132 valence electrons. The molecule has 0 amide bonds. The zero-order valence-corrected chi connectivity index (χ0v) is 14.9. The summed E-state index contributed by atoms with van der Waals surface area (Å²) in [5, 5.41) is 0. The first-order valence-electron chi connectivity index (χ1n) is 6.95. The fourth-order valence-electron chi connectivity index (χ4n) is 1.60. The van der Waals surface area contributed by atoms with Crippen molar-refractivity contribution < 1.29 is 21.2 Å².